The molecule has 1 N–H and O–H groups in total. The van der Waals surface area contributed by atoms with Gasteiger partial charge in [0.15, 0.2) is 5.78 Å². The number of hydrogen-bond acceptors (Lipinski definition) is 2. The summed E-state index contributed by atoms with van der Waals surface area (Å²) < 4.78 is 0. The van der Waals surface area contributed by atoms with Gasteiger partial charge in [-0.2, -0.15) is 0 Å². The molecule has 1 fully saturated rings. The van der Waals surface area contributed by atoms with Gasteiger partial charge in [0.05, 0.1) is 5.41 Å². The Kier molecular flexibility index (Phi) is 3.85. The summed E-state index contributed by atoms with van der Waals surface area (Å²) in [4.78, 5) is 25.3. The minimum atomic E-state index is -0.395. The van der Waals surface area contributed by atoms with Gasteiger partial charge in [-0.1, -0.05) is 66.7 Å². The van der Waals surface area contributed by atoms with Crippen LogP contribution in [0.3, 0.4) is 0 Å². The Labute approximate surface area is 147 Å². The summed E-state index contributed by atoms with van der Waals surface area (Å²) in [6.07, 6.45) is 5.88. The molecule has 1 saturated carbocycles. The second-order valence-corrected chi connectivity index (χ2v) is 6.66. The van der Waals surface area contributed by atoms with Crippen molar-refractivity contribution in [3.63, 3.8) is 0 Å². The number of carbonyl (C=O) groups is 2. The Morgan fingerprint density at radius 3 is 2.12 bits per heavy atom. The van der Waals surface area contributed by atoms with E-state index >= 15 is 0 Å². The molecule has 0 aliphatic heterocycles. The monoisotopic (exact) mass is 329 g/mol. The van der Waals surface area contributed by atoms with Gasteiger partial charge in [0.2, 0.25) is 5.91 Å². The van der Waals surface area contributed by atoms with Crippen LogP contribution in [0.25, 0.3) is 0 Å². The highest BCUT2D eigenvalue weighted by atomic mass is 16.2. The summed E-state index contributed by atoms with van der Waals surface area (Å²) >= 11 is 0. The third-order valence-electron chi connectivity index (χ3n) is 4.98. The SMILES string of the molecule is O=C(C1=CC=C(NC(=O)C2(c3ccccc3)CC2)C1)c1ccccc1. The molecular formula is C22H19NO2. The predicted octanol–water partition coefficient (Wildman–Crippen LogP) is 3.93. The molecule has 0 radical (unpaired) electrons. The molecule has 2 aromatic rings. The fraction of sp³-hybridized carbons (Fsp3) is 0.182. The molecule has 0 saturated heterocycles. The zero-order valence-corrected chi connectivity index (χ0v) is 13.9. The minimum absolute atomic E-state index is 0.0188. The molecule has 2 aliphatic rings. The second-order valence-electron chi connectivity index (χ2n) is 6.66. The third-order valence-corrected chi connectivity index (χ3v) is 4.98. The van der Waals surface area contributed by atoms with Crippen LogP contribution in [0, 0.1) is 0 Å². The van der Waals surface area contributed by atoms with Gasteiger partial charge < -0.3 is 5.32 Å². The van der Waals surface area contributed by atoms with Crippen molar-refractivity contribution in [1.82, 2.24) is 5.32 Å². The standard InChI is InChI=1S/C22H19NO2/c24-20(16-7-3-1-4-8-16)17-11-12-19(15-17)23-21(25)22(13-14-22)18-9-5-2-6-10-18/h1-12H,13-15H2,(H,23,25). The van der Waals surface area contributed by atoms with Crippen molar-refractivity contribution in [2.45, 2.75) is 24.7 Å². The quantitative estimate of drug-likeness (QED) is 0.845. The average Bonchev–Trinajstić information content (AvgIpc) is 3.36. The van der Waals surface area contributed by atoms with E-state index in [0.717, 1.165) is 24.1 Å². The zero-order chi connectivity index (χ0) is 17.3. The molecular weight excluding hydrogens is 310 g/mol. The van der Waals surface area contributed by atoms with E-state index in [1.807, 2.05) is 72.8 Å². The molecule has 124 valence electrons. The van der Waals surface area contributed by atoms with Crippen molar-refractivity contribution in [3.05, 3.63) is 95.2 Å². The van der Waals surface area contributed by atoms with Gasteiger partial charge in [0.1, 0.15) is 0 Å². The number of benzene rings is 2. The summed E-state index contributed by atoms with van der Waals surface area (Å²) in [6.45, 7) is 0. The first-order valence-electron chi connectivity index (χ1n) is 8.55. The number of hydrogen-bond donors (Lipinski definition) is 1. The Balaban J connectivity index is 1.41. The van der Waals surface area contributed by atoms with Gasteiger partial charge in [-0.3, -0.25) is 9.59 Å². The van der Waals surface area contributed by atoms with Gasteiger partial charge in [-0.05, 0) is 24.5 Å². The number of carbonyl (C=O) groups excluding carboxylic acids is 2. The van der Waals surface area contributed by atoms with Crippen LogP contribution in [0.2, 0.25) is 0 Å². The molecule has 0 atom stereocenters. The first kappa shape index (κ1) is 15.6. The number of ketones is 1. The highest BCUT2D eigenvalue weighted by molar-refractivity contribution is 6.09. The van der Waals surface area contributed by atoms with E-state index in [4.69, 9.17) is 0 Å². The zero-order valence-electron chi connectivity index (χ0n) is 13.9. The Morgan fingerprint density at radius 1 is 0.840 bits per heavy atom. The Bertz CT molecular complexity index is 875. The van der Waals surface area contributed by atoms with Gasteiger partial charge in [-0.25, -0.2) is 0 Å². The molecule has 25 heavy (non-hydrogen) atoms. The third kappa shape index (κ3) is 2.93. The lowest BCUT2D eigenvalue weighted by Crippen LogP contribution is -2.34. The fourth-order valence-corrected chi connectivity index (χ4v) is 3.34. The van der Waals surface area contributed by atoms with E-state index in [-0.39, 0.29) is 11.7 Å². The van der Waals surface area contributed by atoms with Crippen molar-refractivity contribution in [2.24, 2.45) is 0 Å². The Morgan fingerprint density at radius 2 is 1.48 bits per heavy atom. The fourth-order valence-electron chi connectivity index (χ4n) is 3.34. The van der Waals surface area contributed by atoms with E-state index in [0.29, 0.717) is 17.6 Å². The molecule has 0 spiro atoms. The molecule has 0 bridgehead atoms. The highest BCUT2D eigenvalue weighted by Crippen LogP contribution is 2.48. The maximum absolute atomic E-state index is 12.8. The van der Waals surface area contributed by atoms with E-state index < -0.39 is 5.41 Å². The largest absolute Gasteiger partial charge is 0.329 e. The van der Waals surface area contributed by atoms with E-state index in [2.05, 4.69) is 5.32 Å². The summed E-state index contributed by atoms with van der Waals surface area (Å²) in [5.41, 5.74) is 2.86. The van der Waals surface area contributed by atoms with Gasteiger partial charge >= 0.3 is 0 Å². The van der Waals surface area contributed by atoms with Crippen molar-refractivity contribution in [1.29, 1.82) is 0 Å². The lowest BCUT2D eigenvalue weighted by molar-refractivity contribution is -0.122. The van der Waals surface area contributed by atoms with Crippen LogP contribution >= 0.6 is 0 Å². The number of nitrogens with one attached hydrogen (secondary N) is 1. The predicted molar refractivity (Wildman–Crippen MR) is 97.1 cm³/mol. The summed E-state index contributed by atoms with van der Waals surface area (Å²) in [5.74, 6) is 0.0528. The molecule has 4 rings (SSSR count). The van der Waals surface area contributed by atoms with E-state index in [1.165, 1.54) is 0 Å². The molecule has 2 aromatic carbocycles. The van der Waals surface area contributed by atoms with Crippen LogP contribution in [0.15, 0.2) is 84.1 Å². The van der Waals surface area contributed by atoms with Crippen molar-refractivity contribution >= 4 is 11.7 Å². The van der Waals surface area contributed by atoms with Crippen molar-refractivity contribution < 1.29 is 9.59 Å². The number of Topliss-reactive ketones (excluding diaryl/α,β-unsaturated/α-hetero) is 1. The number of allylic oxidation sites excluding steroid dienone is 3. The summed E-state index contributed by atoms with van der Waals surface area (Å²) in [6, 6.07) is 19.2. The van der Waals surface area contributed by atoms with Crippen LogP contribution in [0.4, 0.5) is 0 Å². The van der Waals surface area contributed by atoms with Crippen LogP contribution in [-0.2, 0) is 10.2 Å². The molecule has 3 nitrogen and oxygen atoms in total. The minimum Gasteiger partial charge on any atom is -0.329 e. The average molecular weight is 329 g/mol. The van der Waals surface area contributed by atoms with E-state index in [9.17, 15) is 9.59 Å². The van der Waals surface area contributed by atoms with Crippen molar-refractivity contribution in [3.8, 4) is 0 Å². The second kappa shape index (κ2) is 6.17. The van der Waals surface area contributed by atoms with Crippen LogP contribution < -0.4 is 5.32 Å². The van der Waals surface area contributed by atoms with E-state index in [1.54, 1.807) is 0 Å². The molecule has 0 heterocycles. The van der Waals surface area contributed by atoms with Crippen LogP contribution in [0.5, 0.6) is 0 Å². The first-order chi connectivity index (χ1) is 12.2. The lowest BCUT2D eigenvalue weighted by Gasteiger charge is -2.16. The molecule has 0 unspecified atom stereocenters. The number of amides is 1. The van der Waals surface area contributed by atoms with Gasteiger partial charge in [0, 0.05) is 23.3 Å². The van der Waals surface area contributed by atoms with Crippen LogP contribution in [-0.4, -0.2) is 11.7 Å². The van der Waals surface area contributed by atoms with Gasteiger partial charge in [-0.15, -0.1) is 0 Å². The number of rotatable bonds is 5. The molecule has 0 aromatic heterocycles. The summed E-state index contributed by atoms with van der Waals surface area (Å²) in [7, 11) is 0. The normalized spacial score (nSPS) is 17.4. The topological polar surface area (TPSA) is 46.2 Å². The molecule has 2 aliphatic carbocycles. The smallest absolute Gasteiger partial charge is 0.234 e. The van der Waals surface area contributed by atoms with Crippen molar-refractivity contribution in [2.75, 3.05) is 0 Å². The summed E-state index contributed by atoms with van der Waals surface area (Å²) in [5, 5.41) is 3.03. The first-order valence-corrected chi connectivity index (χ1v) is 8.55. The lowest BCUT2D eigenvalue weighted by atomic mass is 9.95. The maximum Gasteiger partial charge on any atom is 0.234 e. The van der Waals surface area contributed by atoms with Crippen LogP contribution in [0.1, 0.15) is 35.2 Å². The Hall–Kier alpha value is -2.94. The maximum atomic E-state index is 12.8. The molecule has 1 amide bonds. The van der Waals surface area contributed by atoms with Gasteiger partial charge in [0.25, 0.3) is 0 Å². The molecule has 3 heteroatoms. The highest BCUT2D eigenvalue weighted by Gasteiger charge is 2.51.